The van der Waals surface area contributed by atoms with Crippen molar-refractivity contribution in [2.45, 2.75) is 39.0 Å². The number of halogens is 1. The molecule has 3 aromatic rings. The molecule has 4 heterocycles. The van der Waals surface area contributed by atoms with Crippen LogP contribution in [0.4, 0.5) is 4.39 Å². The maximum atomic E-state index is 14.7. The molecule has 1 aromatic carbocycles. The predicted molar refractivity (Wildman–Crippen MR) is 126 cm³/mol. The van der Waals surface area contributed by atoms with Crippen molar-refractivity contribution in [2.75, 3.05) is 39.0 Å². The maximum Gasteiger partial charge on any atom is 0.291 e. The van der Waals surface area contributed by atoms with Crippen LogP contribution in [0.25, 0.3) is 16.9 Å². The standard InChI is InChI=1S/C23H31FN6O3S/c1-15(2)21-18-5-4-6-19(24)22(18)30(26-21)23-25-20(33-27-23)11-16-7-9-28(12-16)13-17-8-10-29(14-17)34(3,31)32/h4-6,15-17H,7-14H2,1-3H3/t16-,17-/m0/s1. The average molecular weight is 491 g/mol. The molecular weight excluding hydrogens is 459 g/mol. The van der Waals surface area contributed by atoms with Gasteiger partial charge in [-0.3, -0.25) is 0 Å². The van der Waals surface area contributed by atoms with Crippen molar-refractivity contribution >= 4 is 20.9 Å². The summed E-state index contributed by atoms with van der Waals surface area (Å²) in [5.74, 6) is 1.30. The normalized spacial score (nSPS) is 22.5. The number of fused-ring (bicyclic) bond motifs is 1. The number of sulfonamides is 1. The summed E-state index contributed by atoms with van der Waals surface area (Å²) in [5, 5.41) is 9.45. The van der Waals surface area contributed by atoms with Crippen LogP contribution in [-0.2, 0) is 16.4 Å². The molecule has 2 aliphatic heterocycles. The highest BCUT2D eigenvalue weighted by atomic mass is 32.2. The van der Waals surface area contributed by atoms with Crippen molar-refractivity contribution in [3.8, 4) is 5.95 Å². The molecule has 0 saturated carbocycles. The molecule has 34 heavy (non-hydrogen) atoms. The van der Waals surface area contributed by atoms with Crippen molar-refractivity contribution < 1.29 is 17.3 Å². The second-order valence-corrected chi connectivity index (χ2v) is 12.0. The van der Waals surface area contributed by atoms with Gasteiger partial charge in [0.05, 0.1) is 11.9 Å². The molecule has 5 rings (SSSR count). The highest BCUT2D eigenvalue weighted by molar-refractivity contribution is 7.88. The first-order valence-corrected chi connectivity index (χ1v) is 13.7. The molecule has 0 amide bonds. The summed E-state index contributed by atoms with van der Waals surface area (Å²) in [5.41, 5.74) is 1.17. The van der Waals surface area contributed by atoms with E-state index in [1.54, 1.807) is 10.4 Å². The van der Waals surface area contributed by atoms with Crippen molar-refractivity contribution in [1.82, 2.24) is 29.1 Å². The van der Waals surface area contributed by atoms with E-state index in [0.717, 1.165) is 43.6 Å². The quantitative estimate of drug-likeness (QED) is 0.502. The van der Waals surface area contributed by atoms with Gasteiger partial charge in [0.1, 0.15) is 11.3 Å². The van der Waals surface area contributed by atoms with Gasteiger partial charge >= 0.3 is 0 Å². The lowest BCUT2D eigenvalue weighted by Crippen LogP contribution is -2.31. The first-order valence-electron chi connectivity index (χ1n) is 11.9. The second kappa shape index (κ2) is 9.01. The van der Waals surface area contributed by atoms with E-state index in [0.29, 0.717) is 42.8 Å². The molecule has 2 fully saturated rings. The number of aromatic nitrogens is 4. The van der Waals surface area contributed by atoms with Gasteiger partial charge in [0.2, 0.25) is 15.9 Å². The van der Waals surface area contributed by atoms with Gasteiger partial charge in [0, 0.05) is 38.0 Å². The molecule has 2 aromatic heterocycles. The van der Waals surface area contributed by atoms with Gasteiger partial charge in [-0.05, 0) is 48.4 Å². The van der Waals surface area contributed by atoms with Crippen molar-refractivity contribution in [1.29, 1.82) is 0 Å². The van der Waals surface area contributed by atoms with E-state index in [4.69, 9.17) is 4.52 Å². The predicted octanol–water partition coefficient (Wildman–Crippen LogP) is 2.82. The lowest BCUT2D eigenvalue weighted by molar-refractivity contribution is 0.268. The number of para-hydroxylation sites is 1. The summed E-state index contributed by atoms with van der Waals surface area (Å²) in [4.78, 5) is 6.94. The van der Waals surface area contributed by atoms with Crippen molar-refractivity contribution in [2.24, 2.45) is 11.8 Å². The number of hydrogen-bond donors (Lipinski definition) is 0. The molecule has 2 atom stereocenters. The number of likely N-dealkylation sites (tertiary alicyclic amines) is 1. The van der Waals surface area contributed by atoms with Crippen molar-refractivity contribution in [3.63, 3.8) is 0 Å². The Labute approximate surface area is 199 Å². The minimum atomic E-state index is -3.10. The van der Waals surface area contributed by atoms with Gasteiger partial charge in [-0.1, -0.05) is 26.0 Å². The summed E-state index contributed by atoms with van der Waals surface area (Å²) >= 11 is 0. The van der Waals surface area contributed by atoms with Gasteiger partial charge in [-0.25, -0.2) is 17.1 Å². The minimum Gasteiger partial charge on any atom is -0.337 e. The molecule has 184 valence electrons. The maximum absolute atomic E-state index is 14.7. The molecule has 0 N–H and O–H groups in total. The van der Waals surface area contributed by atoms with Crippen molar-refractivity contribution in [3.05, 3.63) is 35.6 Å². The van der Waals surface area contributed by atoms with Crippen LogP contribution < -0.4 is 0 Å². The van der Waals surface area contributed by atoms with Crippen LogP contribution in [0.1, 0.15) is 44.2 Å². The third-order valence-electron chi connectivity index (χ3n) is 6.94. The Morgan fingerprint density at radius 1 is 1.18 bits per heavy atom. The van der Waals surface area contributed by atoms with Gasteiger partial charge in [-0.15, -0.1) is 0 Å². The SMILES string of the molecule is CC(C)c1nn(-c2noc(C[C@@H]3CCN(C[C@@H]4CCN(S(C)(=O)=O)C4)C3)n2)c2c(F)cccc12. The second-order valence-electron chi connectivity index (χ2n) is 9.97. The van der Waals surface area contributed by atoms with Gasteiger partial charge in [0.15, 0.2) is 0 Å². The lowest BCUT2D eigenvalue weighted by atomic mass is 10.1. The monoisotopic (exact) mass is 490 g/mol. The number of hydrogen-bond acceptors (Lipinski definition) is 7. The Balaban J connectivity index is 1.24. The summed E-state index contributed by atoms with van der Waals surface area (Å²) in [7, 11) is -3.10. The zero-order valence-corrected chi connectivity index (χ0v) is 20.6. The van der Waals surface area contributed by atoms with E-state index in [1.165, 1.54) is 17.0 Å². The molecule has 2 aliphatic rings. The van der Waals surface area contributed by atoms with E-state index >= 15 is 0 Å². The Morgan fingerprint density at radius 2 is 1.97 bits per heavy atom. The molecule has 0 aliphatic carbocycles. The molecule has 0 bridgehead atoms. The summed E-state index contributed by atoms with van der Waals surface area (Å²) in [6.45, 7) is 8.09. The smallest absolute Gasteiger partial charge is 0.291 e. The fourth-order valence-electron chi connectivity index (χ4n) is 5.24. The largest absolute Gasteiger partial charge is 0.337 e. The molecule has 0 unspecified atom stereocenters. The molecule has 11 heteroatoms. The molecule has 0 spiro atoms. The Morgan fingerprint density at radius 3 is 2.71 bits per heavy atom. The van der Waals surface area contributed by atoms with Gasteiger partial charge in [-0.2, -0.15) is 14.8 Å². The van der Waals surface area contributed by atoms with Crippen LogP contribution in [0.15, 0.2) is 22.7 Å². The van der Waals surface area contributed by atoms with E-state index in [1.807, 2.05) is 19.9 Å². The van der Waals surface area contributed by atoms with Gasteiger partial charge in [0.25, 0.3) is 5.95 Å². The lowest BCUT2D eigenvalue weighted by Gasteiger charge is -2.20. The first-order chi connectivity index (χ1) is 16.2. The molecule has 0 radical (unpaired) electrons. The summed E-state index contributed by atoms with van der Waals surface area (Å²) in [6.07, 6.45) is 3.87. The first kappa shape index (κ1) is 23.4. The average Bonchev–Trinajstić information content (AvgIpc) is 3.54. The number of nitrogens with zero attached hydrogens (tertiary/aromatic N) is 6. The molecule has 9 nitrogen and oxygen atoms in total. The van der Waals surface area contributed by atoms with E-state index < -0.39 is 10.0 Å². The third kappa shape index (κ3) is 4.60. The van der Waals surface area contributed by atoms with Crippen LogP contribution in [-0.4, -0.2) is 76.5 Å². The fourth-order valence-corrected chi connectivity index (χ4v) is 6.16. The van der Waals surface area contributed by atoms with E-state index in [9.17, 15) is 12.8 Å². The minimum absolute atomic E-state index is 0.130. The summed E-state index contributed by atoms with van der Waals surface area (Å²) < 4.78 is 46.7. The van der Waals surface area contributed by atoms with Crippen LogP contribution in [0.2, 0.25) is 0 Å². The Kier molecular flexibility index (Phi) is 6.19. The Hall–Kier alpha value is -2.37. The number of benzene rings is 1. The van der Waals surface area contributed by atoms with Crippen LogP contribution >= 0.6 is 0 Å². The van der Waals surface area contributed by atoms with Crippen LogP contribution in [0.5, 0.6) is 0 Å². The van der Waals surface area contributed by atoms with Crippen LogP contribution in [0, 0.1) is 17.7 Å². The molecular formula is C23H31FN6O3S. The summed E-state index contributed by atoms with van der Waals surface area (Å²) in [6, 6.07) is 4.97. The zero-order chi connectivity index (χ0) is 24.0. The van der Waals surface area contributed by atoms with E-state index in [-0.39, 0.29) is 17.7 Å². The topological polar surface area (TPSA) is 97.4 Å². The third-order valence-corrected chi connectivity index (χ3v) is 8.21. The van der Waals surface area contributed by atoms with Gasteiger partial charge < -0.3 is 9.42 Å². The Bertz CT molecular complexity index is 1290. The fraction of sp³-hybridized carbons (Fsp3) is 0.609. The molecule has 2 saturated heterocycles. The highest BCUT2D eigenvalue weighted by Crippen LogP contribution is 2.29. The highest BCUT2D eigenvalue weighted by Gasteiger charge is 2.32. The van der Waals surface area contributed by atoms with Crippen LogP contribution in [0.3, 0.4) is 0 Å². The number of rotatable bonds is 7. The van der Waals surface area contributed by atoms with E-state index in [2.05, 4.69) is 20.1 Å². The zero-order valence-electron chi connectivity index (χ0n) is 19.8.